The second-order valence-corrected chi connectivity index (χ2v) is 8.68. The summed E-state index contributed by atoms with van der Waals surface area (Å²) in [5.74, 6) is 0.571. The van der Waals surface area contributed by atoms with Gasteiger partial charge in [0.15, 0.2) is 0 Å². The molecule has 3 aromatic carbocycles. The van der Waals surface area contributed by atoms with Crippen molar-refractivity contribution < 1.29 is 13.2 Å². The lowest BCUT2D eigenvalue weighted by Crippen LogP contribution is -2.38. The van der Waals surface area contributed by atoms with Crippen molar-refractivity contribution in [3.8, 4) is 17.2 Å². The molecule has 170 valence electrons. The fourth-order valence-corrected chi connectivity index (χ4v) is 4.72. The molecule has 4 aromatic rings. The van der Waals surface area contributed by atoms with Crippen LogP contribution in [0.3, 0.4) is 0 Å². The Morgan fingerprint density at radius 1 is 1.15 bits per heavy atom. The third kappa shape index (κ3) is 3.34. The number of hydrogen-bond acceptors (Lipinski definition) is 3. The van der Waals surface area contributed by atoms with Crippen LogP contribution in [0.25, 0.3) is 22.0 Å². The lowest BCUT2D eigenvalue weighted by Gasteiger charge is -2.38. The number of allylic oxidation sites excluding steroid dienone is 1. The fourth-order valence-electron chi connectivity index (χ4n) is 4.72. The van der Waals surface area contributed by atoms with Crippen LogP contribution >= 0.6 is 0 Å². The van der Waals surface area contributed by atoms with Crippen molar-refractivity contribution in [2.24, 2.45) is 0 Å². The highest BCUT2D eigenvalue weighted by atomic mass is 19.4. The molecule has 1 N–H and O–H groups in total. The summed E-state index contributed by atoms with van der Waals surface area (Å²) in [5, 5.41) is 18.4. The summed E-state index contributed by atoms with van der Waals surface area (Å²) in [4.78, 5) is 0. The molecule has 2 atom stereocenters. The molecular formula is C27H21F3N4. The smallest absolute Gasteiger partial charge is 0.363 e. The monoisotopic (exact) mass is 458 g/mol. The van der Waals surface area contributed by atoms with Crippen molar-refractivity contribution in [3.63, 3.8) is 0 Å². The highest BCUT2D eigenvalue weighted by Crippen LogP contribution is 2.48. The molecule has 1 aromatic heterocycles. The molecule has 34 heavy (non-hydrogen) atoms. The molecule has 1 aliphatic rings. The van der Waals surface area contributed by atoms with Gasteiger partial charge in [-0.1, -0.05) is 66.7 Å². The van der Waals surface area contributed by atoms with Gasteiger partial charge in [-0.2, -0.15) is 23.5 Å². The van der Waals surface area contributed by atoms with E-state index in [0.29, 0.717) is 28.8 Å². The number of nitrogens with zero attached hydrogens (tertiary/aromatic N) is 3. The molecule has 1 unspecified atom stereocenters. The van der Waals surface area contributed by atoms with E-state index < -0.39 is 22.8 Å². The maximum Gasteiger partial charge on any atom is 0.417 e. The molecule has 1 aliphatic heterocycles. The quantitative estimate of drug-likeness (QED) is 0.335. The Hall–Kier alpha value is -4.05. The van der Waals surface area contributed by atoms with E-state index in [-0.39, 0.29) is 11.6 Å². The second kappa shape index (κ2) is 7.77. The maximum absolute atomic E-state index is 14.0. The van der Waals surface area contributed by atoms with Crippen molar-refractivity contribution in [1.82, 2.24) is 9.78 Å². The lowest BCUT2D eigenvalue weighted by molar-refractivity contribution is -0.137. The normalized spacial score (nSPS) is 19.8. The molecule has 0 spiro atoms. The summed E-state index contributed by atoms with van der Waals surface area (Å²) in [7, 11) is 0. The minimum Gasteiger partial charge on any atom is -0.363 e. The Morgan fingerprint density at radius 3 is 2.38 bits per heavy atom. The van der Waals surface area contributed by atoms with Gasteiger partial charge >= 0.3 is 6.18 Å². The van der Waals surface area contributed by atoms with Crippen LogP contribution in [-0.4, -0.2) is 9.78 Å². The first kappa shape index (κ1) is 21.8. The number of benzene rings is 3. The van der Waals surface area contributed by atoms with Crippen LogP contribution in [0.15, 0.2) is 79.4 Å². The zero-order chi connectivity index (χ0) is 24.1. The SMILES string of the molecule is C=CC1(C)C[C@H](c2ccccc2)Nc2c3c(-c4ccccc4)cc(C(F)(F)F)c(C#N)c3nn21. The molecular weight excluding hydrogens is 437 g/mol. The average Bonchev–Trinajstić information content (AvgIpc) is 3.24. The second-order valence-electron chi connectivity index (χ2n) is 8.68. The number of nitriles is 1. The topological polar surface area (TPSA) is 53.6 Å². The van der Waals surface area contributed by atoms with Gasteiger partial charge in [0.2, 0.25) is 0 Å². The number of hydrogen-bond donors (Lipinski definition) is 1. The van der Waals surface area contributed by atoms with Gasteiger partial charge in [-0.25, -0.2) is 4.68 Å². The zero-order valence-electron chi connectivity index (χ0n) is 18.4. The van der Waals surface area contributed by atoms with Gasteiger partial charge in [-0.3, -0.25) is 0 Å². The maximum atomic E-state index is 14.0. The average molecular weight is 458 g/mol. The Balaban J connectivity index is 1.88. The van der Waals surface area contributed by atoms with Crippen LogP contribution in [-0.2, 0) is 11.7 Å². The van der Waals surface area contributed by atoms with Crippen LogP contribution in [0.2, 0.25) is 0 Å². The van der Waals surface area contributed by atoms with Gasteiger partial charge in [-0.15, -0.1) is 6.58 Å². The van der Waals surface area contributed by atoms with Gasteiger partial charge in [0.25, 0.3) is 0 Å². The molecule has 0 fully saturated rings. The van der Waals surface area contributed by atoms with Gasteiger partial charge in [-0.05, 0) is 29.7 Å². The summed E-state index contributed by atoms with van der Waals surface area (Å²) in [6.07, 6.45) is -2.34. The predicted octanol–water partition coefficient (Wildman–Crippen LogP) is 7.05. The Morgan fingerprint density at radius 2 is 1.79 bits per heavy atom. The molecule has 5 rings (SSSR count). The summed E-state index contributed by atoms with van der Waals surface area (Å²) in [6, 6.07) is 21.4. The van der Waals surface area contributed by atoms with E-state index in [1.165, 1.54) is 0 Å². The minimum atomic E-state index is -4.70. The van der Waals surface area contributed by atoms with Gasteiger partial charge in [0.05, 0.1) is 28.1 Å². The number of nitrogens with one attached hydrogen (secondary N) is 1. The number of fused-ring (bicyclic) bond motifs is 3. The largest absolute Gasteiger partial charge is 0.417 e. The summed E-state index contributed by atoms with van der Waals surface area (Å²) >= 11 is 0. The first-order chi connectivity index (χ1) is 16.3. The van der Waals surface area contributed by atoms with E-state index in [1.54, 1.807) is 47.2 Å². The van der Waals surface area contributed by atoms with E-state index in [0.717, 1.165) is 11.6 Å². The fraction of sp³-hybridized carbons (Fsp3) is 0.185. The summed E-state index contributed by atoms with van der Waals surface area (Å²) < 4.78 is 43.8. The molecule has 0 saturated heterocycles. The highest BCUT2D eigenvalue weighted by molar-refractivity contribution is 6.06. The first-order valence-corrected chi connectivity index (χ1v) is 10.8. The minimum absolute atomic E-state index is 0.0282. The van der Waals surface area contributed by atoms with Crippen LogP contribution < -0.4 is 5.32 Å². The Labute approximate surface area is 194 Å². The molecule has 7 heteroatoms. The standard InChI is InChI=1S/C27H21F3N4/c1-3-26(2)15-22(18-12-8-5-9-13-18)32-25-23-19(17-10-6-4-7-11-17)14-21(27(28,29)30)20(16-31)24(23)33-34(25)26/h3-14,22,32H,1,15H2,2H3/t22-,26?/m1/s1. The van der Waals surface area contributed by atoms with Crippen molar-refractivity contribution in [1.29, 1.82) is 5.26 Å². The lowest BCUT2D eigenvalue weighted by atomic mass is 9.87. The number of alkyl halides is 3. The number of halogens is 3. The predicted molar refractivity (Wildman–Crippen MR) is 126 cm³/mol. The molecule has 0 saturated carbocycles. The van der Waals surface area contributed by atoms with Gasteiger partial charge in [0.1, 0.15) is 17.4 Å². The molecule has 0 radical (unpaired) electrons. The van der Waals surface area contributed by atoms with Crippen LogP contribution in [0.4, 0.5) is 19.0 Å². The van der Waals surface area contributed by atoms with Gasteiger partial charge in [0, 0.05) is 6.42 Å². The van der Waals surface area contributed by atoms with E-state index in [4.69, 9.17) is 0 Å². The van der Waals surface area contributed by atoms with Crippen molar-refractivity contribution >= 4 is 16.7 Å². The third-order valence-electron chi connectivity index (χ3n) is 6.51. The number of aromatic nitrogens is 2. The Kier molecular flexibility index (Phi) is 4.98. The van der Waals surface area contributed by atoms with Crippen LogP contribution in [0.1, 0.15) is 36.1 Å². The molecule has 0 amide bonds. The van der Waals surface area contributed by atoms with Crippen molar-refractivity contribution in [2.45, 2.75) is 31.1 Å². The van der Waals surface area contributed by atoms with E-state index >= 15 is 0 Å². The zero-order valence-corrected chi connectivity index (χ0v) is 18.4. The molecule has 0 bridgehead atoms. The number of rotatable bonds is 3. The van der Waals surface area contributed by atoms with Crippen LogP contribution in [0.5, 0.6) is 0 Å². The molecule has 2 heterocycles. The highest BCUT2D eigenvalue weighted by Gasteiger charge is 2.41. The van der Waals surface area contributed by atoms with E-state index in [2.05, 4.69) is 17.0 Å². The molecule has 0 aliphatic carbocycles. The van der Waals surface area contributed by atoms with Crippen molar-refractivity contribution in [3.05, 3.63) is 96.1 Å². The van der Waals surface area contributed by atoms with E-state index in [1.807, 2.05) is 37.3 Å². The summed E-state index contributed by atoms with van der Waals surface area (Å²) in [5.41, 5.74) is -0.0900. The van der Waals surface area contributed by atoms with E-state index in [9.17, 15) is 18.4 Å². The van der Waals surface area contributed by atoms with Crippen LogP contribution in [0, 0.1) is 11.3 Å². The third-order valence-corrected chi connectivity index (χ3v) is 6.51. The van der Waals surface area contributed by atoms with Gasteiger partial charge < -0.3 is 5.32 Å². The Bertz CT molecular complexity index is 1430. The number of anilines is 1. The first-order valence-electron chi connectivity index (χ1n) is 10.8. The van der Waals surface area contributed by atoms with Crippen molar-refractivity contribution in [2.75, 3.05) is 5.32 Å². The summed E-state index contributed by atoms with van der Waals surface area (Å²) in [6.45, 7) is 5.95. The molecule has 4 nitrogen and oxygen atoms in total.